The molecule has 0 atom stereocenters. The lowest BCUT2D eigenvalue weighted by Gasteiger charge is -2.10. The summed E-state index contributed by atoms with van der Waals surface area (Å²) in [5.74, 6) is -0.0617. The first-order chi connectivity index (χ1) is 16.4. The minimum atomic E-state index is -3.44. The summed E-state index contributed by atoms with van der Waals surface area (Å²) in [4.78, 5) is 7.89. The number of rotatable bonds is 9. The van der Waals surface area contributed by atoms with Gasteiger partial charge in [-0.05, 0) is 49.4 Å². The van der Waals surface area contributed by atoms with Crippen molar-refractivity contribution >= 4 is 38.0 Å². The number of sulfonamides is 1. The zero-order chi connectivity index (χ0) is 24.1. The van der Waals surface area contributed by atoms with Crippen molar-refractivity contribution in [2.75, 3.05) is 17.0 Å². The van der Waals surface area contributed by atoms with Crippen LogP contribution in [0.1, 0.15) is 30.5 Å². The Morgan fingerprint density at radius 2 is 1.74 bits per heavy atom. The highest BCUT2D eigenvalue weighted by atomic mass is 32.2. The van der Waals surface area contributed by atoms with E-state index < -0.39 is 10.0 Å². The SMILES string of the molecule is CCNCc1ccc(N=C(c2ccccc2)c2c(O)[nH]c3ccc(NS(=O)(=O)CC)cc23)cc1. The first-order valence-electron chi connectivity index (χ1n) is 11.2. The van der Waals surface area contributed by atoms with Crippen LogP contribution in [0.25, 0.3) is 10.9 Å². The van der Waals surface area contributed by atoms with E-state index in [1.54, 1.807) is 25.1 Å². The molecule has 0 spiro atoms. The molecule has 0 saturated carbocycles. The molecule has 0 unspecified atom stereocenters. The van der Waals surface area contributed by atoms with Gasteiger partial charge in [-0.2, -0.15) is 0 Å². The molecule has 4 rings (SSSR count). The molecule has 4 N–H and O–H groups in total. The van der Waals surface area contributed by atoms with Crippen molar-refractivity contribution in [1.82, 2.24) is 10.3 Å². The van der Waals surface area contributed by atoms with Crippen molar-refractivity contribution < 1.29 is 13.5 Å². The molecule has 0 amide bonds. The Morgan fingerprint density at radius 3 is 2.41 bits per heavy atom. The topological polar surface area (TPSA) is 107 Å². The molecular weight excluding hydrogens is 448 g/mol. The third-order valence-corrected chi connectivity index (χ3v) is 6.78. The minimum absolute atomic E-state index is 0.0307. The van der Waals surface area contributed by atoms with Gasteiger partial charge in [0, 0.05) is 28.7 Å². The fourth-order valence-electron chi connectivity index (χ4n) is 3.68. The highest BCUT2D eigenvalue weighted by Gasteiger charge is 2.19. The summed E-state index contributed by atoms with van der Waals surface area (Å²) < 4.78 is 26.8. The van der Waals surface area contributed by atoms with E-state index in [2.05, 4.69) is 21.9 Å². The molecule has 7 nitrogen and oxygen atoms in total. The Kier molecular flexibility index (Phi) is 7.00. The predicted octanol–water partition coefficient (Wildman–Crippen LogP) is 4.91. The largest absolute Gasteiger partial charge is 0.494 e. The normalized spacial score (nSPS) is 12.2. The Balaban J connectivity index is 1.84. The zero-order valence-corrected chi connectivity index (χ0v) is 20.0. The number of aliphatic imine (C=N–C) groups is 1. The van der Waals surface area contributed by atoms with Crippen molar-refractivity contribution in [3.05, 3.63) is 89.5 Å². The van der Waals surface area contributed by atoms with Crippen LogP contribution in [0.3, 0.4) is 0 Å². The number of hydrogen-bond acceptors (Lipinski definition) is 5. The van der Waals surface area contributed by atoms with Crippen LogP contribution in [-0.2, 0) is 16.6 Å². The third-order valence-electron chi connectivity index (χ3n) is 5.47. The maximum Gasteiger partial charge on any atom is 0.232 e. The minimum Gasteiger partial charge on any atom is -0.494 e. The Bertz CT molecular complexity index is 1410. The molecule has 34 heavy (non-hydrogen) atoms. The van der Waals surface area contributed by atoms with E-state index in [0.717, 1.165) is 29.9 Å². The number of fused-ring (bicyclic) bond motifs is 1. The Morgan fingerprint density at radius 1 is 1.00 bits per heavy atom. The number of aromatic amines is 1. The Hall–Kier alpha value is -3.62. The lowest BCUT2D eigenvalue weighted by atomic mass is 10.0. The molecule has 3 aromatic carbocycles. The van der Waals surface area contributed by atoms with Crippen LogP contribution in [0.2, 0.25) is 0 Å². The second kappa shape index (κ2) is 10.1. The number of aromatic hydroxyl groups is 1. The zero-order valence-electron chi connectivity index (χ0n) is 19.2. The number of nitrogens with one attached hydrogen (secondary N) is 3. The van der Waals surface area contributed by atoms with E-state index >= 15 is 0 Å². The maximum atomic E-state index is 12.1. The van der Waals surface area contributed by atoms with Gasteiger partial charge in [0.1, 0.15) is 0 Å². The number of H-pyrrole nitrogens is 1. The van der Waals surface area contributed by atoms with Crippen LogP contribution in [0.15, 0.2) is 77.8 Å². The van der Waals surface area contributed by atoms with Crippen LogP contribution in [0.4, 0.5) is 11.4 Å². The first kappa shape index (κ1) is 23.5. The summed E-state index contributed by atoms with van der Waals surface area (Å²) in [7, 11) is -3.44. The smallest absolute Gasteiger partial charge is 0.232 e. The summed E-state index contributed by atoms with van der Waals surface area (Å²) in [6.45, 7) is 5.33. The van der Waals surface area contributed by atoms with E-state index in [9.17, 15) is 13.5 Å². The summed E-state index contributed by atoms with van der Waals surface area (Å²) in [6, 6.07) is 22.7. The second-order valence-electron chi connectivity index (χ2n) is 7.89. The van der Waals surface area contributed by atoms with Gasteiger partial charge in [-0.15, -0.1) is 0 Å². The van der Waals surface area contributed by atoms with Crippen LogP contribution >= 0.6 is 0 Å². The Labute approximate surface area is 199 Å². The number of nitrogens with zero attached hydrogens (tertiary/aromatic N) is 1. The van der Waals surface area contributed by atoms with Crippen LogP contribution in [-0.4, -0.2) is 36.5 Å². The summed E-state index contributed by atoms with van der Waals surface area (Å²) in [6.07, 6.45) is 0. The van der Waals surface area contributed by atoms with Gasteiger partial charge in [-0.1, -0.05) is 49.4 Å². The van der Waals surface area contributed by atoms with E-state index in [0.29, 0.717) is 27.9 Å². The molecule has 0 bridgehead atoms. The van der Waals surface area contributed by atoms with Crippen molar-refractivity contribution in [2.24, 2.45) is 4.99 Å². The molecular formula is C26H28N4O3S. The molecule has 0 aliphatic rings. The molecule has 1 heterocycles. The second-order valence-corrected chi connectivity index (χ2v) is 9.90. The van der Waals surface area contributed by atoms with Gasteiger partial charge in [0.25, 0.3) is 0 Å². The quantitative estimate of drug-likeness (QED) is 0.257. The standard InChI is InChI=1S/C26H28N4O3S/c1-3-27-17-18-10-12-20(13-11-18)28-25(19-8-6-5-7-9-19)24-22-16-21(30-34(32,33)4-2)14-15-23(22)29-26(24)31/h5-16,27,29-31H,3-4,17H2,1-2H3. The molecule has 176 valence electrons. The molecule has 0 aliphatic heterocycles. The van der Waals surface area contributed by atoms with Crippen LogP contribution in [0.5, 0.6) is 5.88 Å². The maximum absolute atomic E-state index is 12.1. The fraction of sp³-hybridized carbons (Fsp3) is 0.192. The highest BCUT2D eigenvalue weighted by molar-refractivity contribution is 7.92. The van der Waals surface area contributed by atoms with E-state index in [4.69, 9.17) is 4.99 Å². The van der Waals surface area contributed by atoms with Crippen molar-refractivity contribution in [1.29, 1.82) is 0 Å². The van der Waals surface area contributed by atoms with Gasteiger partial charge in [0.2, 0.25) is 10.0 Å². The van der Waals surface area contributed by atoms with Gasteiger partial charge < -0.3 is 15.4 Å². The van der Waals surface area contributed by atoms with Gasteiger partial charge >= 0.3 is 0 Å². The predicted molar refractivity (Wildman–Crippen MR) is 139 cm³/mol. The number of anilines is 1. The summed E-state index contributed by atoms with van der Waals surface area (Å²) in [5.41, 5.74) is 4.93. The fourth-order valence-corrected chi connectivity index (χ4v) is 4.31. The molecule has 1 aromatic heterocycles. The van der Waals surface area contributed by atoms with E-state index in [1.165, 1.54) is 0 Å². The lowest BCUT2D eigenvalue weighted by Crippen LogP contribution is -2.14. The number of benzene rings is 3. The van der Waals surface area contributed by atoms with Crippen molar-refractivity contribution in [2.45, 2.75) is 20.4 Å². The molecule has 0 aliphatic carbocycles. The number of aromatic nitrogens is 1. The van der Waals surface area contributed by atoms with Gasteiger partial charge in [0.05, 0.1) is 22.7 Å². The molecule has 8 heteroatoms. The molecule has 4 aromatic rings. The molecule has 0 fully saturated rings. The summed E-state index contributed by atoms with van der Waals surface area (Å²) >= 11 is 0. The average Bonchev–Trinajstić information content (AvgIpc) is 3.17. The molecule has 0 radical (unpaired) electrons. The lowest BCUT2D eigenvalue weighted by molar-refractivity contribution is 0.457. The van der Waals surface area contributed by atoms with Gasteiger partial charge in [0.15, 0.2) is 5.88 Å². The highest BCUT2D eigenvalue weighted by Crippen LogP contribution is 2.33. The summed E-state index contributed by atoms with van der Waals surface area (Å²) in [5, 5.41) is 14.8. The van der Waals surface area contributed by atoms with Crippen molar-refractivity contribution in [3.8, 4) is 5.88 Å². The first-order valence-corrected chi connectivity index (χ1v) is 12.8. The van der Waals surface area contributed by atoms with E-state index in [-0.39, 0.29) is 11.6 Å². The van der Waals surface area contributed by atoms with Crippen LogP contribution < -0.4 is 10.0 Å². The monoisotopic (exact) mass is 476 g/mol. The van der Waals surface area contributed by atoms with E-state index in [1.807, 2.05) is 54.6 Å². The average molecular weight is 477 g/mol. The molecule has 0 saturated heterocycles. The third kappa shape index (κ3) is 5.30. The van der Waals surface area contributed by atoms with Gasteiger partial charge in [-0.3, -0.25) is 4.72 Å². The van der Waals surface area contributed by atoms with Gasteiger partial charge in [-0.25, -0.2) is 13.4 Å². The van der Waals surface area contributed by atoms with Crippen molar-refractivity contribution in [3.63, 3.8) is 0 Å². The van der Waals surface area contributed by atoms with Crippen LogP contribution in [0, 0.1) is 0 Å². The number of hydrogen-bond donors (Lipinski definition) is 4.